The molecule has 108 valence electrons. The average Bonchev–Trinajstić information content (AvgIpc) is 2.47. The van der Waals surface area contributed by atoms with Crippen LogP contribution in [0.25, 0.3) is 0 Å². The van der Waals surface area contributed by atoms with Crippen molar-refractivity contribution in [3.05, 3.63) is 53.1 Å². The molecular weight excluding hydrogens is 286 g/mol. The van der Waals surface area contributed by atoms with Gasteiger partial charge in [-0.15, -0.1) is 0 Å². The van der Waals surface area contributed by atoms with E-state index in [4.69, 9.17) is 11.0 Å². The standard InChI is InChI=1S/C15H15N3O2S/c1-10-7-8-13(17)15(11(10)2)18-21(19,20)14-6-4-3-5-12(14)9-16/h3-8,18H,17H2,1-2H3. The lowest BCUT2D eigenvalue weighted by Gasteiger charge is -2.15. The third-order valence-corrected chi connectivity index (χ3v) is 4.71. The van der Waals surface area contributed by atoms with E-state index < -0.39 is 10.0 Å². The Morgan fingerprint density at radius 2 is 1.81 bits per heavy atom. The van der Waals surface area contributed by atoms with Crippen molar-refractivity contribution in [2.24, 2.45) is 0 Å². The smallest absolute Gasteiger partial charge is 0.263 e. The molecule has 0 unspecified atom stereocenters. The second-order valence-corrected chi connectivity index (χ2v) is 6.34. The molecule has 0 aliphatic heterocycles. The van der Waals surface area contributed by atoms with Crippen LogP contribution < -0.4 is 10.5 Å². The molecule has 0 spiro atoms. The molecule has 0 radical (unpaired) electrons. The van der Waals surface area contributed by atoms with Crippen LogP contribution in [0.2, 0.25) is 0 Å². The van der Waals surface area contributed by atoms with E-state index in [9.17, 15) is 8.42 Å². The third kappa shape index (κ3) is 2.83. The van der Waals surface area contributed by atoms with Gasteiger partial charge in [-0.1, -0.05) is 18.2 Å². The van der Waals surface area contributed by atoms with E-state index in [0.29, 0.717) is 11.4 Å². The number of nitrogen functional groups attached to an aromatic ring is 1. The molecule has 0 aliphatic rings. The highest BCUT2D eigenvalue weighted by Gasteiger charge is 2.20. The maximum absolute atomic E-state index is 12.5. The number of nitrogens with one attached hydrogen (secondary N) is 1. The second-order valence-electron chi connectivity index (χ2n) is 4.69. The van der Waals surface area contributed by atoms with Crippen molar-refractivity contribution in [2.45, 2.75) is 18.7 Å². The van der Waals surface area contributed by atoms with Crippen LogP contribution in [-0.4, -0.2) is 8.42 Å². The minimum Gasteiger partial charge on any atom is -0.397 e. The summed E-state index contributed by atoms with van der Waals surface area (Å²) in [6.07, 6.45) is 0. The summed E-state index contributed by atoms with van der Waals surface area (Å²) in [5, 5.41) is 9.03. The zero-order chi connectivity index (χ0) is 15.6. The molecule has 0 fully saturated rings. The third-order valence-electron chi connectivity index (χ3n) is 3.30. The van der Waals surface area contributed by atoms with Gasteiger partial charge in [0.05, 0.1) is 16.9 Å². The van der Waals surface area contributed by atoms with Gasteiger partial charge in [-0.05, 0) is 43.2 Å². The molecule has 2 aromatic rings. The minimum absolute atomic E-state index is 0.0622. The molecule has 3 N–H and O–H groups in total. The molecular formula is C15H15N3O2S. The molecule has 0 amide bonds. The first-order valence-corrected chi connectivity index (χ1v) is 7.73. The Bertz CT molecular complexity index is 836. The van der Waals surface area contributed by atoms with Crippen molar-refractivity contribution in [3.8, 4) is 6.07 Å². The molecule has 2 rings (SSSR count). The normalized spacial score (nSPS) is 10.9. The first kappa shape index (κ1) is 14.9. The van der Waals surface area contributed by atoms with E-state index in [1.165, 1.54) is 12.1 Å². The lowest BCUT2D eigenvalue weighted by Crippen LogP contribution is -2.16. The van der Waals surface area contributed by atoms with Gasteiger partial charge in [-0.25, -0.2) is 8.42 Å². The second kappa shape index (κ2) is 5.46. The van der Waals surface area contributed by atoms with Gasteiger partial charge in [-0.2, -0.15) is 5.26 Å². The van der Waals surface area contributed by atoms with E-state index in [1.54, 1.807) is 25.1 Å². The number of hydrogen-bond acceptors (Lipinski definition) is 4. The predicted molar refractivity (Wildman–Crippen MR) is 82.3 cm³/mol. The highest BCUT2D eigenvalue weighted by Crippen LogP contribution is 2.29. The predicted octanol–water partition coefficient (Wildman–Crippen LogP) is 2.56. The Morgan fingerprint density at radius 1 is 1.14 bits per heavy atom. The molecule has 0 heterocycles. The SMILES string of the molecule is Cc1ccc(N)c(NS(=O)(=O)c2ccccc2C#N)c1C. The van der Waals surface area contributed by atoms with Crippen molar-refractivity contribution in [2.75, 3.05) is 10.5 Å². The summed E-state index contributed by atoms with van der Waals surface area (Å²) in [7, 11) is -3.87. The number of sulfonamides is 1. The van der Waals surface area contributed by atoms with Gasteiger partial charge < -0.3 is 5.73 Å². The number of rotatable bonds is 3. The van der Waals surface area contributed by atoms with Crippen LogP contribution in [0.15, 0.2) is 41.3 Å². The minimum atomic E-state index is -3.87. The molecule has 21 heavy (non-hydrogen) atoms. The Labute approximate surface area is 124 Å². The molecule has 2 aromatic carbocycles. The van der Waals surface area contributed by atoms with E-state index in [-0.39, 0.29) is 10.5 Å². The first-order chi connectivity index (χ1) is 9.86. The Balaban J connectivity index is 2.54. The summed E-state index contributed by atoms with van der Waals surface area (Å²) >= 11 is 0. The van der Waals surface area contributed by atoms with Gasteiger partial charge in [0.15, 0.2) is 0 Å². The molecule has 0 bridgehead atoms. The van der Waals surface area contributed by atoms with Gasteiger partial charge in [0.1, 0.15) is 11.0 Å². The Hall–Kier alpha value is -2.52. The van der Waals surface area contributed by atoms with Crippen molar-refractivity contribution in [1.82, 2.24) is 0 Å². The van der Waals surface area contributed by atoms with Crippen LogP contribution in [0.3, 0.4) is 0 Å². The zero-order valence-corrected chi connectivity index (χ0v) is 12.5. The average molecular weight is 301 g/mol. The van der Waals surface area contributed by atoms with Crippen LogP contribution in [0, 0.1) is 25.2 Å². The highest BCUT2D eigenvalue weighted by atomic mass is 32.2. The maximum Gasteiger partial charge on any atom is 0.263 e. The van der Waals surface area contributed by atoms with Crippen LogP contribution >= 0.6 is 0 Å². The molecule has 0 saturated heterocycles. The summed E-state index contributed by atoms with van der Waals surface area (Å²) in [5.41, 5.74) is 8.32. The van der Waals surface area contributed by atoms with Gasteiger partial charge in [-0.3, -0.25) is 4.72 Å². The topological polar surface area (TPSA) is 96.0 Å². The monoisotopic (exact) mass is 301 g/mol. The van der Waals surface area contributed by atoms with Crippen LogP contribution in [0.1, 0.15) is 16.7 Å². The molecule has 0 aromatic heterocycles. The zero-order valence-electron chi connectivity index (χ0n) is 11.7. The number of nitrogens with zero attached hydrogens (tertiary/aromatic N) is 1. The summed E-state index contributed by atoms with van der Waals surface area (Å²) in [6, 6.07) is 11.4. The van der Waals surface area contributed by atoms with E-state index >= 15 is 0 Å². The first-order valence-electron chi connectivity index (χ1n) is 6.24. The number of nitrogens with two attached hydrogens (primary N) is 1. The fraction of sp³-hybridized carbons (Fsp3) is 0.133. The van der Waals surface area contributed by atoms with Crippen molar-refractivity contribution < 1.29 is 8.42 Å². The molecule has 0 saturated carbocycles. The van der Waals surface area contributed by atoms with Crippen LogP contribution in [-0.2, 0) is 10.0 Å². The largest absolute Gasteiger partial charge is 0.397 e. The number of aryl methyl sites for hydroxylation is 1. The van der Waals surface area contributed by atoms with E-state index in [2.05, 4.69) is 4.72 Å². The fourth-order valence-electron chi connectivity index (χ4n) is 1.95. The summed E-state index contributed by atoms with van der Waals surface area (Å²) < 4.78 is 27.4. The molecule has 6 heteroatoms. The van der Waals surface area contributed by atoms with E-state index in [1.807, 2.05) is 19.1 Å². The summed E-state index contributed by atoms with van der Waals surface area (Å²) in [4.78, 5) is -0.0622. The quantitative estimate of drug-likeness (QED) is 0.851. The van der Waals surface area contributed by atoms with Crippen LogP contribution in [0.4, 0.5) is 11.4 Å². The molecule has 0 atom stereocenters. The van der Waals surface area contributed by atoms with Gasteiger partial charge in [0.25, 0.3) is 10.0 Å². The maximum atomic E-state index is 12.5. The van der Waals surface area contributed by atoms with Crippen molar-refractivity contribution in [3.63, 3.8) is 0 Å². The molecule has 5 nitrogen and oxygen atoms in total. The number of benzene rings is 2. The van der Waals surface area contributed by atoms with Crippen LogP contribution in [0.5, 0.6) is 0 Å². The summed E-state index contributed by atoms with van der Waals surface area (Å²) in [5.74, 6) is 0. The number of hydrogen-bond donors (Lipinski definition) is 2. The van der Waals surface area contributed by atoms with Gasteiger partial charge in [0.2, 0.25) is 0 Å². The Kier molecular flexibility index (Phi) is 3.87. The molecule has 0 aliphatic carbocycles. The van der Waals surface area contributed by atoms with Gasteiger partial charge >= 0.3 is 0 Å². The summed E-state index contributed by atoms with van der Waals surface area (Å²) in [6.45, 7) is 3.66. The lowest BCUT2D eigenvalue weighted by atomic mass is 10.1. The highest BCUT2D eigenvalue weighted by molar-refractivity contribution is 7.92. The van der Waals surface area contributed by atoms with Gasteiger partial charge in [0, 0.05) is 0 Å². The Morgan fingerprint density at radius 3 is 2.48 bits per heavy atom. The fourth-order valence-corrected chi connectivity index (χ4v) is 3.27. The van der Waals surface area contributed by atoms with Crippen molar-refractivity contribution >= 4 is 21.4 Å². The number of anilines is 2. The lowest BCUT2D eigenvalue weighted by molar-refractivity contribution is 0.601. The number of nitriles is 1. The van der Waals surface area contributed by atoms with E-state index in [0.717, 1.165) is 11.1 Å². The van der Waals surface area contributed by atoms with Crippen molar-refractivity contribution in [1.29, 1.82) is 5.26 Å².